The molecule has 3 rings (SSSR count). The molecule has 0 spiro atoms. The Balaban J connectivity index is 1.78. The highest BCUT2D eigenvalue weighted by molar-refractivity contribution is 5.83. The van der Waals surface area contributed by atoms with Gasteiger partial charge < -0.3 is 20.6 Å². The zero-order chi connectivity index (χ0) is 19.8. The van der Waals surface area contributed by atoms with Crippen molar-refractivity contribution in [3.8, 4) is 0 Å². The molecule has 0 radical (unpaired) electrons. The molecule has 1 aliphatic rings. The van der Waals surface area contributed by atoms with Crippen molar-refractivity contribution in [3.05, 3.63) is 36.0 Å². The van der Waals surface area contributed by atoms with Crippen LogP contribution < -0.4 is 5.73 Å². The minimum Gasteiger partial charge on any atom is -0.480 e. The third-order valence-electron chi connectivity index (χ3n) is 4.84. The number of piperidine rings is 1. The van der Waals surface area contributed by atoms with Crippen molar-refractivity contribution in [1.29, 1.82) is 0 Å². The lowest BCUT2D eigenvalue weighted by molar-refractivity contribution is -0.163. The van der Waals surface area contributed by atoms with Crippen molar-refractivity contribution in [2.75, 3.05) is 6.54 Å². The molecule has 2 aromatic rings. The van der Waals surface area contributed by atoms with Crippen LogP contribution in [0, 0.1) is 5.92 Å². The van der Waals surface area contributed by atoms with Crippen molar-refractivity contribution in [1.82, 2.24) is 9.88 Å². The molecule has 0 saturated carbocycles. The first-order valence-electron chi connectivity index (χ1n) is 9.20. The number of aromatic amines is 1. The SMILES string of the molecule is CC(C)(C)OC(=O)[C@@H]1CCN([C@@H](C(=O)O)c2cc3ccccc3[nH]2)[C@H](N)C1. The average molecular weight is 373 g/mol. The molecular weight excluding hydrogens is 346 g/mol. The summed E-state index contributed by atoms with van der Waals surface area (Å²) in [5.74, 6) is -1.55. The Morgan fingerprint density at radius 3 is 2.63 bits per heavy atom. The number of benzene rings is 1. The number of carboxylic acid groups (broad SMARTS) is 1. The van der Waals surface area contributed by atoms with Crippen molar-refractivity contribution in [3.63, 3.8) is 0 Å². The summed E-state index contributed by atoms with van der Waals surface area (Å²) >= 11 is 0. The molecule has 2 heterocycles. The van der Waals surface area contributed by atoms with Gasteiger partial charge in [-0.05, 0) is 51.1 Å². The van der Waals surface area contributed by atoms with Gasteiger partial charge in [0.05, 0.1) is 12.1 Å². The van der Waals surface area contributed by atoms with Crippen LogP contribution in [0.25, 0.3) is 10.9 Å². The van der Waals surface area contributed by atoms with Crippen LogP contribution in [0.4, 0.5) is 0 Å². The van der Waals surface area contributed by atoms with Crippen LogP contribution in [-0.4, -0.2) is 45.2 Å². The molecule has 7 heteroatoms. The maximum Gasteiger partial charge on any atom is 0.327 e. The Labute approximate surface area is 158 Å². The van der Waals surface area contributed by atoms with Gasteiger partial charge >= 0.3 is 11.9 Å². The highest BCUT2D eigenvalue weighted by Crippen LogP contribution is 2.32. The Bertz CT molecular complexity index is 806. The number of hydrogen-bond donors (Lipinski definition) is 3. The van der Waals surface area contributed by atoms with Crippen LogP contribution in [0.1, 0.15) is 45.3 Å². The number of aliphatic carboxylic acids is 1. The van der Waals surface area contributed by atoms with Gasteiger partial charge in [0.25, 0.3) is 0 Å². The van der Waals surface area contributed by atoms with Crippen LogP contribution in [0.3, 0.4) is 0 Å². The molecule has 1 fully saturated rings. The van der Waals surface area contributed by atoms with Gasteiger partial charge in [-0.1, -0.05) is 18.2 Å². The summed E-state index contributed by atoms with van der Waals surface area (Å²) in [5, 5.41) is 10.8. The van der Waals surface area contributed by atoms with Gasteiger partial charge in [-0.25, -0.2) is 0 Å². The second-order valence-electron chi connectivity index (χ2n) is 8.11. The average Bonchev–Trinajstić information content (AvgIpc) is 2.98. The largest absolute Gasteiger partial charge is 0.480 e. The Morgan fingerprint density at radius 1 is 1.33 bits per heavy atom. The Kier molecular flexibility index (Phi) is 5.26. The van der Waals surface area contributed by atoms with Crippen LogP contribution >= 0.6 is 0 Å². The molecule has 1 aromatic heterocycles. The van der Waals surface area contributed by atoms with Crippen LogP contribution in [-0.2, 0) is 14.3 Å². The Morgan fingerprint density at radius 2 is 2.04 bits per heavy atom. The second kappa shape index (κ2) is 7.32. The fourth-order valence-corrected chi connectivity index (χ4v) is 3.63. The van der Waals surface area contributed by atoms with Gasteiger partial charge in [0, 0.05) is 17.8 Å². The molecule has 1 aliphatic heterocycles. The molecule has 0 amide bonds. The van der Waals surface area contributed by atoms with Gasteiger partial charge in [0.1, 0.15) is 11.6 Å². The number of para-hydroxylation sites is 1. The van der Waals surface area contributed by atoms with Crippen LogP contribution in [0.15, 0.2) is 30.3 Å². The zero-order valence-corrected chi connectivity index (χ0v) is 15.9. The van der Waals surface area contributed by atoms with E-state index in [-0.39, 0.29) is 11.9 Å². The predicted molar refractivity (Wildman–Crippen MR) is 102 cm³/mol. The molecule has 3 atom stereocenters. The molecule has 27 heavy (non-hydrogen) atoms. The zero-order valence-electron chi connectivity index (χ0n) is 15.9. The first-order chi connectivity index (χ1) is 12.7. The maximum absolute atomic E-state index is 12.3. The number of aromatic nitrogens is 1. The highest BCUT2D eigenvalue weighted by atomic mass is 16.6. The van der Waals surface area contributed by atoms with E-state index in [1.54, 1.807) is 4.90 Å². The number of carbonyl (C=O) groups is 2. The number of fused-ring (bicyclic) bond motifs is 1. The van der Waals surface area contributed by atoms with E-state index in [1.807, 2.05) is 51.1 Å². The number of nitrogens with one attached hydrogen (secondary N) is 1. The maximum atomic E-state index is 12.3. The number of carbonyl (C=O) groups excluding carboxylic acids is 1. The van der Waals surface area contributed by atoms with Gasteiger partial charge in [-0.3, -0.25) is 14.5 Å². The molecule has 4 N–H and O–H groups in total. The van der Waals surface area contributed by atoms with Gasteiger partial charge in [-0.2, -0.15) is 0 Å². The first kappa shape index (κ1) is 19.4. The number of H-pyrrole nitrogens is 1. The number of esters is 1. The number of nitrogens with zero attached hydrogens (tertiary/aromatic N) is 1. The Hall–Kier alpha value is -2.38. The van der Waals surface area contributed by atoms with E-state index < -0.39 is 23.8 Å². The van der Waals surface area contributed by atoms with Crippen LogP contribution in [0.2, 0.25) is 0 Å². The molecule has 0 bridgehead atoms. The van der Waals surface area contributed by atoms with Crippen molar-refractivity contribution < 1.29 is 19.4 Å². The summed E-state index contributed by atoms with van der Waals surface area (Å²) in [4.78, 5) is 29.3. The molecule has 146 valence electrons. The number of likely N-dealkylation sites (tertiary alicyclic amines) is 1. The molecule has 1 aromatic carbocycles. The summed E-state index contributed by atoms with van der Waals surface area (Å²) in [6.45, 7) is 5.90. The van der Waals surface area contributed by atoms with E-state index in [0.717, 1.165) is 10.9 Å². The summed E-state index contributed by atoms with van der Waals surface area (Å²) < 4.78 is 5.46. The molecular formula is C20H27N3O4. The monoisotopic (exact) mass is 373 g/mol. The number of nitrogens with two attached hydrogens (primary N) is 1. The quantitative estimate of drug-likeness (QED) is 0.711. The minimum absolute atomic E-state index is 0.268. The molecule has 0 aliphatic carbocycles. The summed E-state index contributed by atoms with van der Waals surface area (Å²) in [5.41, 5.74) is 7.21. The highest BCUT2D eigenvalue weighted by Gasteiger charge is 2.39. The normalized spacial score (nSPS) is 22.5. The lowest BCUT2D eigenvalue weighted by atomic mass is 9.92. The van der Waals surface area contributed by atoms with Gasteiger partial charge in [-0.15, -0.1) is 0 Å². The fourth-order valence-electron chi connectivity index (χ4n) is 3.63. The van der Waals surface area contributed by atoms with E-state index in [4.69, 9.17) is 10.5 Å². The summed E-state index contributed by atoms with van der Waals surface area (Å²) in [6.07, 6.45) is 0.356. The van der Waals surface area contributed by atoms with Crippen molar-refractivity contribution >= 4 is 22.8 Å². The van der Waals surface area contributed by atoms with E-state index in [9.17, 15) is 14.7 Å². The van der Waals surface area contributed by atoms with E-state index in [1.165, 1.54) is 0 Å². The second-order valence-corrected chi connectivity index (χ2v) is 8.11. The predicted octanol–water partition coefficient (Wildman–Crippen LogP) is 2.63. The van der Waals surface area contributed by atoms with Gasteiger partial charge in [0.2, 0.25) is 0 Å². The smallest absolute Gasteiger partial charge is 0.327 e. The van der Waals surface area contributed by atoms with E-state index in [2.05, 4.69) is 4.98 Å². The summed E-state index contributed by atoms with van der Waals surface area (Å²) in [7, 11) is 0. The van der Waals surface area contributed by atoms with E-state index >= 15 is 0 Å². The molecule has 1 saturated heterocycles. The van der Waals surface area contributed by atoms with E-state index in [0.29, 0.717) is 25.1 Å². The third kappa shape index (κ3) is 4.31. The minimum atomic E-state index is -0.965. The standard InChI is InChI=1S/C20H27N3O4/c1-20(2,3)27-19(26)13-8-9-23(16(21)11-13)17(18(24)25)15-10-12-6-4-5-7-14(12)22-15/h4-7,10,13,16-17,22H,8-9,11,21H2,1-3H3,(H,24,25)/t13-,16+,17-/m1/s1. The lowest BCUT2D eigenvalue weighted by Crippen LogP contribution is -2.53. The van der Waals surface area contributed by atoms with Crippen molar-refractivity contribution in [2.24, 2.45) is 11.7 Å². The lowest BCUT2D eigenvalue weighted by Gasteiger charge is -2.40. The third-order valence-corrected chi connectivity index (χ3v) is 4.84. The number of hydrogen-bond acceptors (Lipinski definition) is 5. The number of rotatable bonds is 4. The number of carboxylic acids is 1. The van der Waals surface area contributed by atoms with Crippen LogP contribution in [0.5, 0.6) is 0 Å². The van der Waals surface area contributed by atoms with Crippen molar-refractivity contribution in [2.45, 2.75) is 51.4 Å². The number of ether oxygens (including phenoxy) is 1. The topological polar surface area (TPSA) is 109 Å². The summed E-state index contributed by atoms with van der Waals surface area (Å²) in [6, 6.07) is 8.62. The first-order valence-corrected chi connectivity index (χ1v) is 9.20. The van der Waals surface area contributed by atoms with Gasteiger partial charge in [0.15, 0.2) is 0 Å². The molecule has 0 unspecified atom stereocenters. The fraction of sp³-hybridized carbons (Fsp3) is 0.500. The molecule has 7 nitrogen and oxygen atoms in total.